The molecular formula is C18H17ClN4O5. The van der Waals surface area contributed by atoms with Crippen LogP contribution in [0.25, 0.3) is 0 Å². The van der Waals surface area contributed by atoms with Gasteiger partial charge in [0.15, 0.2) is 0 Å². The molecular weight excluding hydrogens is 388 g/mol. The molecule has 10 heteroatoms. The van der Waals surface area contributed by atoms with Crippen molar-refractivity contribution in [3.8, 4) is 0 Å². The largest absolute Gasteiger partial charge is 0.343 e. The lowest BCUT2D eigenvalue weighted by Gasteiger charge is -2.17. The first-order valence-electron chi connectivity index (χ1n) is 8.08. The van der Waals surface area contributed by atoms with Gasteiger partial charge in [-0.2, -0.15) is 0 Å². The quantitative estimate of drug-likeness (QED) is 0.540. The molecule has 0 saturated heterocycles. The lowest BCUT2D eigenvalue weighted by atomic mass is 10.2. The third-order valence-corrected chi connectivity index (χ3v) is 3.91. The molecule has 0 aliphatic heterocycles. The molecule has 0 unspecified atom stereocenters. The topological polar surface area (TPSA) is 122 Å². The molecule has 0 saturated carbocycles. The molecule has 146 valence electrons. The van der Waals surface area contributed by atoms with Crippen molar-refractivity contribution in [3.05, 3.63) is 69.2 Å². The number of halogens is 1. The Morgan fingerprint density at radius 3 is 2.46 bits per heavy atom. The monoisotopic (exact) mass is 404 g/mol. The molecule has 0 aliphatic carbocycles. The summed E-state index contributed by atoms with van der Waals surface area (Å²) in [5.41, 5.74) is 0.370. The van der Waals surface area contributed by atoms with E-state index >= 15 is 0 Å². The number of carbonyl (C=O) groups excluding carboxylic acids is 3. The van der Waals surface area contributed by atoms with Crippen molar-refractivity contribution in [3.63, 3.8) is 0 Å². The summed E-state index contributed by atoms with van der Waals surface area (Å²) in [7, 11) is 1.42. The van der Waals surface area contributed by atoms with Crippen molar-refractivity contribution in [2.45, 2.75) is 0 Å². The zero-order chi connectivity index (χ0) is 20.7. The van der Waals surface area contributed by atoms with Crippen molar-refractivity contribution >= 4 is 40.7 Å². The summed E-state index contributed by atoms with van der Waals surface area (Å²) in [5.74, 6) is -1.54. The molecule has 28 heavy (non-hydrogen) atoms. The lowest BCUT2D eigenvalue weighted by molar-refractivity contribution is -0.384. The van der Waals surface area contributed by atoms with Crippen LogP contribution in [-0.4, -0.2) is 47.7 Å². The first kappa shape index (κ1) is 20.8. The van der Waals surface area contributed by atoms with Gasteiger partial charge >= 0.3 is 0 Å². The summed E-state index contributed by atoms with van der Waals surface area (Å²) in [4.78, 5) is 47.4. The third-order valence-electron chi connectivity index (χ3n) is 3.65. The molecule has 3 amide bonds. The number of nitrogens with zero attached hydrogens (tertiary/aromatic N) is 2. The van der Waals surface area contributed by atoms with E-state index in [1.165, 1.54) is 25.2 Å². The predicted octanol–water partition coefficient (Wildman–Crippen LogP) is 2.08. The van der Waals surface area contributed by atoms with E-state index in [1.807, 2.05) is 0 Å². The predicted molar refractivity (Wildman–Crippen MR) is 103 cm³/mol. The Labute approximate surface area is 165 Å². The van der Waals surface area contributed by atoms with Crippen LogP contribution in [0.15, 0.2) is 48.5 Å². The average molecular weight is 405 g/mol. The van der Waals surface area contributed by atoms with E-state index < -0.39 is 22.6 Å². The minimum atomic E-state index is -0.629. The molecule has 0 aliphatic rings. The third kappa shape index (κ3) is 6.06. The second-order valence-corrected chi connectivity index (χ2v) is 6.23. The maximum atomic E-state index is 12.1. The van der Waals surface area contributed by atoms with Crippen molar-refractivity contribution in [2.75, 3.05) is 25.5 Å². The van der Waals surface area contributed by atoms with Gasteiger partial charge in [0.1, 0.15) is 0 Å². The number of benzene rings is 2. The van der Waals surface area contributed by atoms with Gasteiger partial charge in [-0.1, -0.05) is 17.7 Å². The first-order chi connectivity index (χ1) is 13.3. The molecule has 9 nitrogen and oxygen atoms in total. The number of rotatable bonds is 7. The fourth-order valence-corrected chi connectivity index (χ4v) is 2.32. The molecule has 0 bridgehead atoms. The van der Waals surface area contributed by atoms with Crippen LogP contribution in [-0.2, 0) is 9.59 Å². The normalized spacial score (nSPS) is 10.1. The minimum absolute atomic E-state index is 0.0603. The van der Waals surface area contributed by atoms with Crippen LogP contribution in [0.1, 0.15) is 10.4 Å². The van der Waals surface area contributed by atoms with Gasteiger partial charge in [-0.15, -0.1) is 0 Å². The van der Waals surface area contributed by atoms with E-state index in [2.05, 4.69) is 10.6 Å². The highest BCUT2D eigenvalue weighted by Gasteiger charge is 2.16. The van der Waals surface area contributed by atoms with Gasteiger partial charge in [0.2, 0.25) is 11.8 Å². The minimum Gasteiger partial charge on any atom is -0.343 e. The highest BCUT2D eigenvalue weighted by atomic mass is 35.5. The summed E-state index contributed by atoms with van der Waals surface area (Å²) >= 11 is 5.77. The van der Waals surface area contributed by atoms with E-state index in [1.54, 1.807) is 24.3 Å². The zero-order valence-electron chi connectivity index (χ0n) is 14.8. The molecule has 0 radical (unpaired) electrons. The van der Waals surface area contributed by atoms with Crippen LogP contribution in [0.2, 0.25) is 5.02 Å². The molecule has 0 heterocycles. The number of likely N-dealkylation sites (N-methyl/N-ethyl adjacent to an activating group) is 1. The number of hydrogen-bond donors (Lipinski definition) is 2. The summed E-state index contributed by atoms with van der Waals surface area (Å²) in [6, 6.07) is 11.6. The molecule has 0 atom stereocenters. The number of non-ortho nitro benzene ring substituents is 1. The van der Waals surface area contributed by atoms with Gasteiger partial charge in [-0.05, 0) is 30.3 Å². The smallest absolute Gasteiger partial charge is 0.270 e. The Balaban J connectivity index is 1.83. The Morgan fingerprint density at radius 2 is 1.82 bits per heavy atom. The number of nitrogens with one attached hydrogen (secondary N) is 2. The van der Waals surface area contributed by atoms with Crippen molar-refractivity contribution in [2.24, 2.45) is 0 Å². The van der Waals surface area contributed by atoms with Gasteiger partial charge in [-0.25, -0.2) is 0 Å². The SMILES string of the molecule is CN(CC(=O)Nc1ccc(Cl)cc1)C(=O)CNC(=O)c1cccc([N+](=O)[O-])c1. The number of nitro groups is 1. The number of carbonyl (C=O) groups is 3. The van der Waals surface area contributed by atoms with E-state index in [-0.39, 0.29) is 24.3 Å². The summed E-state index contributed by atoms with van der Waals surface area (Å²) < 4.78 is 0. The Kier molecular flexibility index (Phi) is 7.05. The van der Waals surface area contributed by atoms with Gasteiger partial charge in [0.25, 0.3) is 11.6 Å². The van der Waals surface area contributed by atoms with Crippen molar-refractivity contribution in [1.82, 2.24) is 10.2 Å². The highest BCUT2D eigenvalue weighted by molar-refractivity contribution is 6.30. The standard InChI is InChI=1S/C18H17ClN4O5/c1-22(11-16(24)21-14-7-5-13(19)6-8-14)17(25)10-20-18(26)12-3-2-4-15(9-12)23(27)28/h2-9H,10-11H2,1H3,(H,20,26)(H,21,24). The molecule has 2 N–H and O–H groups in total. The second kappa shape index (κ2) is 9.47. The molecule has 0 spiro atoms. The fraction of sp³-hybridized carbons (Fsp3) is 0.167. The maximum Gasteiger partial charge on any atom is 0.270 e. The fourth-order valence-electron chi connectivity index (χ4n) is 2.19. The van der Waals surface area contributed by atoms with Crippen molar-refractivity contribution < 1.29 is 19.3 Å². The zero-order valence-corrected chi connectivity index (χ0v) is 15.6. The van der Waals surface area contributed by atoms with Gasteiger partial charge in [0, 0.05) is 35.5 Å². The van der Waals surface area contributed by atoms with Crippen LogP contribution in [0.4, 0.5) is 11.4 Å². The Hall–Kier alpha value is -3.46. The van der Waals surface area contributed by atoms with Gasteiger partial charge in [-0.3, -0.25) is 24.5 Å². The first-order valence-corrected chi connectivity index (χ1v) is 8.46. The molecule has 0 fully saturated rings. The van der Waals surface area contributed by atoms with E-state index in [4.69, 9.17) is 11.6 Å². The van der Waals surface area contributed by atoms with Crippen LogP contribution in [0, 0.1) is 10.1 Å². The molecule has 2 rings (SSSR count). The highest BCUT2D eigenvalue weighted by Crippen LogP contribution is 2.14. The van der Waals surface area contributed by atoms with E-state index in [9.17, 15) is 24.5 Å². The van der Waals surface area contributed by atoms with Crippen molar-refractivity contribution in [1.29, 1.82) is 0 Å². The van der Waals surface area contributed by atoms with Gasteiger partial charge in [0.05, 0.1) is 18.0 Å². The summed E-state index contributed by atoms with van der Waals surface area (Å²) in [5, 5.41) is 16.3. The molecule has 2 aromatic rings. The van der Waals surface area contributed by atoms with Gasteiger partial charge < -0.3 is 15.5 Å². The summed E-state index contributed by atoms with van der Waals surface area (Å²) in [6.45, 7) is -0.569. The van der Waals surface area contributed by atoms with E-state index in [0.717, 1.165) is 11.0 Å². The molecule has 2 aromatic carbocycles. The number of anilines is 1. The maximum absolute atomic E-state index is 12.1. The van der Waals surface area contributed by atoms with E-state index in [0.29, 0.717) is 10.7 Å². The molecule has 0 aromatic heterocycles. The average Bonchev–Trinajstić information content (AvgIpc) is 2.67. The van der Waals surface area contributed by atoms with Crippen LogP contribution in [0.3, 0.4) is 0 Å². The van der Waals surface area contributed by atoms with Crippen LogP contribution in [0.5, 0.6) is 0 Å². The van der Waals surface area contributed by atoms with Crippen LogP contribution >= 0.6 is 11.6 Å². The number of hydrogen-bond acceptors (Lipinski definition) is 5. The lowest BCUT2D eigenvalue weighted by Crippen LogP contribution is -2.41. The Morgan fingerprint density at radius 1 is 1.14 bits per heavy atom. The second-order valence-electron chi connectivity index (χ2n) is 5.79. The Bertz CT molecular complexity index is 901. The number of nitro benzene ring substituents is 1. The number of amides is 3. The van der Waals surface area contributed by atoms with Crippen LogP contribution < -0.4 is 10.6 Å². The summed E-state index contributed by atoms with van der Waals surface area (Å²) in [6.07, 6.45) is 0.